The van der Waals surface area contributed by atoms with Crippen LogP contribution in [0.3, 0.4) is 0 Å². The molecule has 2 atom stereocenters. The normalized spacial score (nSPS) is 13.3. The SMILES string of the molecule is CCC(C)C(NC(=O)c1nnn(-c2cccc(C)c2)c1C)C(=O)O. The number of carboxylic acid groups (broad SMARTS) is 1. The highest BCUT2D eigenvalue weighted by molar-refractivity contribution is 5.95. The fourth-order valence-electron chi connectivity index (χ4n) is 2.44. The van der Waals surface area contributed by atoms with Gasteiger partial charge in [0.25, 0.3) is 5.91 Å². The molecule has 2 rings (SSSR count). The molecule has 7 nitrogen and oxygen atoms in total. The Balaban J connectivity index is 2.27. The molecule has 1 heterocycles. The number of aromatic nitrogens is 3. The molecule has 0 aliphatic rings. The van der Waals surface area contributed by atoms with Crippen LogP contribution in [0.2, 0.25) is 0 Å². The first-order chi connectivity index (χ1) is 11.3. The van der Waals surface area contributed by atoms with Crippen molar-refractivity contribution in [3.8, 4) is 5.69 Å². The van der Waals surface area contributed by atoms with Crippen molar-refractivity contribution in [2.75, 3.05) is 0 Å². The number of rotatable bonds is 6. The smallest absolute Gasteiger partial charge is 0.326 e. The van der Waals surface area contributed by atoms with E-state index in [1.807, 2.05) is 38.1 Å². The summed E-state index contributed by atoms with van der Waals surface area (Å²) in [4.78, 5) is 23.8. The molecule has 2 unspecified atom stereocenters. The molecule has 24 heavy (non-hydrogen) atoms. The van der Waals surface area contributed by atoms with E-state index < -0.39 is 17.9 Å². The fraction of sp³-hybridized carbons (Fsp3) is 0.412. The molecule has 0 spiro atoms. The zero-order chi connectivity index (χ0) is 17.9. The van der Waals surface area contributed by atoms with Crippen LogP contribution >= 0.6 is 0 Å². The summed E-state index contributed by atoms with van der Waals surface area (Å²) in [5.41, 5.74) is 2.56. The van der Waals surface area contributed by atoms with Crippen molar-refractivity contribution < 1.29 is 14.7 Å². The quantitative estimate of drug-likeness (QED) is 0.845. The average Bonchev–Trinajstić information content (AvgIpc) is 2.93. The third-order valence-corrected chi connectivity index (χ3v) is 4.12. The van der Waals surface area contributed by atoms with Gasteiger partial charge >= 0.3 is 5.97 Å². The zero-order valence-corrected chi connectivity index (χ0v) is 14.3. The molecule has 7 heteroatoms. The second-order valence-corrected chi connectivity index (χ2v) is 5.95. The number of nitrogens with zero attached hydrogens (tertiary/aromatic N) is 3. The largest absolute Gasteiger partial charge is 0.480 e. The van der Waals surface area contributed by atoms with E-state index in [1.165, 1.54) is 0 Å². The summed E-state index contributed by atoms with van der Waals surface area (Å²) >= 11 is 0. The second-order valence-electron chi connectivity index (χ2n) is 5.95. The number of aryl methyl sites for hydroxylation is 1. The van der Waals surface area contributed by atoms with Gasteiger partial charge in [-0.25, -0.2) is 9.48 Å². The van der Waals surface area contributed by atoms with Crippen molar-refractivity contribution in [2.24, 2.45) is 5.92 Å². The number of carbonyl (C=O) groups is 2. The lowest BCUT2D eigenvalue weighted by Crippen LogP contribution is -2.45. The maximum absolute atomic E-state index is 12.4. The van der Waals surface area contributed by atoms with Crippen molar-refractivity contribution >= 4 is 11.9 Å². The maximum Gasteiger partial charge on any atom is 0.326 e. The van der Waals surface area contributed by atoms with E-state index in [4.69, 9.17) is 0 Å². The number of hydrogen-bond donors (Lipinski definition) is 2. The fourth-order valence-corrected chi connectivity index (χ4v) is 2.44. The first-order valence-corrected chi connectivity index (χ1v) is 7.88. The van der Waals surface area contributed by atoms with Gasteiger partial charge < -0.3 is 10.4 Å². The number of benzene rings is 1. The third-order valence-electron chi connectivity index (χ3n) is 4.12. The molecule has 0 aliphatic heterocycles. The Morgan fingerprint density at radius 1 is 1.33 bits per heavy atom. The van der Waals surface area contributed by atoms with Crippen molar-refractivity contribution in [2.45, 2.75) is 40.2 Å². The van der Waals surface area contributed by atoms with Crippen molar-refractivity contribution in [1.29, 1.82) is 0 Å². The van der Waals surface area contributed by atoms with E-state index in [0.717, 1.165) is 11.3 Å². The van der Waals surface area contributed by atoms with Gasteiger partial charge in [-0.15, -0.1) is 5.10 Å². The molecule has 0 bridgehead atoms. The average molecular weight is 330 g/mol. The molecule has 1 amide bonds. The van der Waals surface area contributed by atoms with Gasteiger partial charge in [0.15, 0.2) is 5.69 Å². The Morgan fingerprint density at radius 3 is 2.62 bits per heavy atom. The van der Waals surface area contributed by atoms with Crippen molar-refractivity contribution in [3.63, 3.8) is 0 Å². The summed E-state index contributed by atoms with van der Waals surface area (Å²) in [7, 11) is 0. The van der Waals surface area contributed by atoms with Crippen LogP contribution in [0.25, 0.3) is 5.69 Å². The van der Waals surface area contributed by atoms with Crippen LogP contribution in [0.4, 0.5) is 0 Å². The minimum absolute atomic E-state index is 0.131. The number of hydrogen-bond acceptors (Lipinski definition) is 4. The molecule has 2 N–H and O–H groups in total. The summed E-state index contributed by atoms with van der Waals surface area (Å²) in [5.74, 6) is -1.76. The molecule has 1 aromatic heterocycles. The number of amides is 1. The number of carboxylic acids is 1. The van der Waals surface area contributed by atoms with Gasteiger partial charge in [-0.05, 0) is 37.5 Å². The third kappa shape index (κ3) is 3.61. The number of carbonyl (C=O) groups excluding carboxylic acids is 1. The number of aliphatic carboxylic acids is 1. The zero-order valence-electron chi connectivity index (χ0n) is 14.3. The first kappa shape index (κ1) is 17.7. The molecule has 128 valence electrons. The Hall–Kier alpha value is -2.70. The van der Waals surface area contributed by atoms with Gasteiger partial charge in [0.2, 0.25) is 0 Å². The molecule has 0 fully saturated rings. The van der Waals surface area contributed by atoms with Crippen LogP contribution in [0.5, 0.6) is 0 Å². The Morgan fingerprint density at radius 2 is 2.04 bits per heavy atom. The van der Waals surface area contributed by atoms with Crippen LogP contribution in [0.15, 0.2) is 24.3 Å². The number of nitrogens with one attached hydrogen (secondary N) is 1. The van der Waals surface area contributed by atoms with E-state index in [1.54, 1.807) is 18.5 Å². The molecular formula is C17H22N4O3. The van der Waals surface area contributed by atoms with Gasteiger partial charge in [-0.1, -0.05) is 37.6 Å². The highest BCUT2D eigenvalue weighted by Crippen LogP contribution is 2.15. The van der Waals surface area contributed by atoms with Crippen LogP contribution < -0.4 is 5.32 Å². The van der Waals surface area contributed by atoms with Crippen LogP contribution in [-0.4, -0.2) is 38.0 Å². The predicted molar refractivity (Wildman–Crippen MR) is 89.2 cm³/mol. The van der Waals surface area contributed by atoms with E-state index in [0.29, 0.717) is 12.1 Å². The van der Waals surface area contributed by atoms with Crippen molar-refractivity contribution in [3.05, 3.63) is 41.2 Å². The van der Waals surface area contributed by atoms with Gasteiger partial charge in [0.05, 0.1) is 11.4 Å². The van der Waals surface area contributed by atoms with Crippen LogP contribution in [0, 0.1) is 19.8 Å². The molecule has 0 radical (unpaired) electrons. The van der Waals surface area contributed by atoms with Crippen molar-refractivity contribution in [1.82, 2.24) is 20.3 Å². The minimum Gasteiger partial charge on any atom is -0.480 e. The van der Waals surface area contributed by atoms with Gasteiger partial charge in [0, 0.05) is 0 Å². The van der Waals surface area contributed by atoms with E-state index in [2.05, 4.69) is 15.6 Å². The summed E-state index contributed by atoms with van der Waals surface area (Å²) in [6.07, 6.45) is 0.645. The molecule has 0 saturated heterocycles. The summed E-state index contributed by atoms with van der Waals surface area (Å²) in [5, 5.41) is 19.8. The van der Waals surface area contributed by atoms with E-state index in [9.17, 15) is 14.7 Å². The maximum atomic E-state index is 12.4. The predicted octanol–water partition coefficient (Wildman–Crippen LogP) is 2.11. The monoisotopic (exact) mass is 330 g/mol. The van der Waals surface area contributed by atoms with Crippen LogP contribution in [0.1, 0.15) is 42.0 Å². The molecule has 2 aromatic rings. The molecular weight excluding hydrogens is 308 g/mol. The van der Waals surface area contributed by atoms with Gasteiger partial charge in [0.1, 0.15) is 6.04 Å². The molecule has 0 saturated carbocycles. The lowest BCUT2D eigenvalue weighted by atomic mass is 9.99. The van der Waals surface area contributed by atoms with E-state index >= 15 is 0 Å². The summed E-state index contributed by atoms with van der Waals surface area (Å²) in [6.45, 7) is 7.37. The Kier molecular flexibility index (Phi) is 5.33. The Labute approximate surface area is 140 Å². The molecule has 0 aliphatic carbocycles. The lowest BCUT2D eigenvalue weighted by Gasteiger charge is -2.19. The Bertz CT molecular complexity index is 754. The second kappa shape index (κ2) is 7.25. The topological polar surface area (TPSA) is 97.1 Å². The van der Waals surface area contributed by atoms with Gasteiger partial charge in [-0.3, -0.25) is 4.79 Å². The standard InChI is InChI=1S/C17H22N4O3/c1-5-11(3)14(17(23)24)18-16(22)15-12(4)21(20-19-15)13-8-6-7-10(2)9-13/h6-9,11,14H,5H2,1-4H3,(H,18,22)(H,23,24). The summed E-state index contributed by atoms with van der Waals surface area (Å²) in [6, 6.07) is 6.71. The summed E-state index contributed by atoms with van der Waals surface area (Å²) < 4.78 is 1.57. The molecule has 1 aromatic carbocycles. The highest BCUT2D eigenvalue weighted by Gasteiger charge is 2.28. The van der Waals surface area contributed by atoms with Crippen LogP contribution in [-0.2, 0) is 4.79 Å². The van der Waals surface area contributed by atoms with Gasteiger partial charge in [-0.2, -0.15) is 0 Å². The first-order valence-electron chi connectivity index (χ1n) is 7.88. The highest BCUT2D eigenvalue weighted by atomic mass is 16.4. The minimum atomic E-state index is -1.05. The van der Waals surface area contributed by atoms with E-state index in [-0.39, 0.29) is 11.6 Å². The lowest BCUT2D eigenvalue weighted by molar-refractivity contribution is -0.140.